The lowest BCUT2D eigenvalue weighted by Crippen LogP contribution is -2.78. The summed E-state index contributed by atoms with van der Waals surface area (Å²) in [7, 11) is 0. The first kappa shape index (κ1) is 91.1. The number of aryl methyl sites for hydroxylation is 1. The standard InChI is InChI=1S/C45H57NO13.C44H59NO14/c1-23-15-17-26(18-16-23)32(46-40(54)59-41(4,5)6)34(50)39(53)56-29-22-45(55)37(57-38(52)27-13-11-10-12-14-27)35-43(9,36(51)33(49)31(24(29)2)42(45,7)8)30(48)21-28-19-20-44(28,35)58-25(3)47;1-22(2)19-28(45-39(53)59-40(6,7)8)32(49)38(52)56-29-21-44(54)36(57-37(51)26-15-13-12-14-16-26)34-42(11,30(48)20-27-17-18-43(27,34)58-25(5)47)35(50)33(55-24(4)46)31(23(29)3)41(44,9)10/h10-18,28-30,32-35,37,48-50,55H,19-22H2,1-9H3,(H,46,54);12-16,19,27-30,32-34,36,48-49,54H,17-18,20-21H2,1-11H3,(H,45,53)/t28-,29+,30+,32+,33-,34-,35+,37+,43-,44+,45-;27-,28+,29+,30+,32-,33-,34+,36+,42-,43+,44-/m11/s1. The molecule has 6 fully saturated rings. The van der Waals surface area contributed by atoms with E-state index in [1.54, 1.807) is 144 Å². The van der Waals surface area contributed by atoms with Gasteiger partial charge < -0.3 is 89.0 Å². The molecule has 0 spiro atoms. The largest absolute Gasteiger partial charge is 0.458 e. The maximum atomic E-state index is 15.4. The van der Waals surface area contributed by atoms with Crippen LogP contribution in [-0.4, -0.2) is 202 Å². The maximum absolute atomic E-state index is 15.4. The summed E-state index contributed by atoms with van der Waals surface area (Å²) in [5.41, 5.74) is -14.2. The number of nitrogens with one attached hydrogen (secondary N) is 2. The van der Waals surface area contributed by atoms with Crippen molar-refractivity contribution in [2.75, 3.05) is 0 Å². The summed E-state index contributed by atoms with van der Waals surface area (Å²) in [6, 6.07) is 19.9. The number of alkyl carbamates (subject to hydrolysis) is 2. The number of allylic oxidation sites excluding steroid dienone is 1. The zero-order chi connectivity index (χ0) is 87.8. The van der Waals surface area contributed by atoms with Crippen LogP contribution >= 0.6 is 0 Å². The zero-order valence-corrected chi connectivity index (χ0v) is 70.9. The number of ether oxygens (including phenoxy) is 9. The fourth-order valence-corrected chi connectivity index (χ4v) is 20.1. The normalized spacial score (nSPS) is 33.2. The van der Waals surface area contributed by atoms with Gasteiger partial charge in [-0.3, -0.25) is 24.0 Å². The van der Waals surface area contributed by atoms with E-state index in [-0.39, 0.29) is 59.1 Å². The van der Waals surface area contributed by atoms with Crippen molar-refractivity contribution in [2.45, 2.75) is 297 Å². The Morgan fingerprint density at radius 1 is 0.508 bits per heavy atom. The summed E-state index contributed by atoms with van der Waals surface area (Å²) in [6.45, 7) is 30.9. The first-order chi connectivity index (χ1) is 54.6. The van der Waals surface area contributed by atoms with Crippen molar-refractivity contribution in [3.8, 4) is 0 Å². The molecule has 0 radical (unpaired) electrons. The number of Topliss-reactive ketones (excluding diaryl/α,β-unsaturated/α-hetero) is 2. The molecule has 0 heterocycles. The van der Waals surface area contributed by atoms with E-state index < -0.39 is 230 Å². The molecule has 2 amide bonds. The zero-order valence-electron chi connectivity index (χ0n) is 70.9. The van der Waals surface area contributed by atoms with E-state index in [0.29, 0.717) is 24.0 Å². The molecule has 0 aromatic heterocycles. The Balaban J connectivity index is 0.000000249. The lowest BCUT2D eigenvalue weighted by Gasteiger charge is -2.68. The molecule has 644 valence electrons. The van der Waals surface area contributed by atoms with E-state index in [1.807, 2.05) is 6.92 Å². The van der Waals surface area contributed by atoms with Crippen molar-refractivity contribution >= 4 is 65.5 Å². The van der Waals surface area contributed by atoms with Gasteiger partial charge in [0.15, 0.2) is 29.9 Å². The molecular weight excluding hydrogens is 1530 g/mol. The molecule has 3 aromatic rings. The van der Waals surface area contributed by atoms with Gasteiger partial charge in [0, 0.05) is 56.3 Å². The van der Waals surface area contributed by atoms with Crippen LogP contribution in [0.3, 0.4) is 0 Å². The molecule has 118 heavy (non-hydrogen) atoms. The van der Waals surface area contributed by atoms with Gasteiger partial charge in [0.25, 0.3) is 0 Å². The van der Waals surface area contributed by atoms with Gasteiger partial charge >= 0.3 is 54.0 Å². The van der Waals surface area contributed by atoms with Gasteiger partial charge in [0.2, 0.25) is 0 Å². The van der Waals surface area contributed by atoms with Crippen LogP contribution in [0.15, 0.2) is 119 Å². The van der Waals surface area contributed by atoms with Gasteiger partial charge in [-0.05, 0) is 181 Å². The number of benzene rings is 3. The summed E-state index contributed by atoms with van der Waals surface area (Å²) in [6.07, 6.45) is -16.9. The van der Waals surface area contributed by atoms with Crippen molar-refractivity contribution in [1.82, 2.24) is 10.6 Å². The minimum atomic E-state index is -2.33. The molecule has 6 saturated carbocycles. The van der Waals surface area contributed by atoms with Gasteiger partial charge in [-0.2, -0.15) is 0 Å². The number of rotatable bonds is 17. The molecule has 4 bridgehead atoms. The molecule has 8 aliphatic rings. The molecule has 3 aromatic carbocycles. The van der Waals surface area contributed by atoms with E-state index >= 15 is 9.59 Å². The molecule has 22 atom stereocenters. The van der Waals surface area contributed by atoms with E-state index in [9.17, 15) is 78.9 Å². The van der Waals surface area contributed by atoms with Crippen molar-refractivity contribution in [3.05, 3.63) is 141 Å². The number of aliphatic hydroxyl groups excluding tert-OH is 5. The monoisotopic (exact) mass is 1640 g/mol. The van der Waals surface area contributed by atoms with E-state index in [2.05, 4.69) is 10.6 Å². The molecule has 9 N–H and O–H groups in total. The Hall–Kier alpha value is -9.23. The Labute approximate surface area is 687 Å². The van der Waals surface area contributed by atoms with Crippen molar-refractivity contribution < 1.29 is 131 Å². The number of carbonyl (C=O) groups is 11. The van der Waals surface area contributed by atoms with Crippen LogP contribution in [0.1, 0.15) is 221 Å². The van der Waals surface area contributed by atoms with E-state index in [1.165, 1.54) is 71.9 Å². The Kier molecular flexibility index (Phi) is 25.5. The number of esters is 7. The third-order valence-electron chi connectivity index (χ3n) is 26.2. The van der Waals surface area contributed by atoms with Crippen LogP contribution in [0, 0.1) is 52.3 Å². The number of ketones is 2. The highest BCUT2D eigenvalue weighted by Gasteiger charge is 2.80. The first-order valence-corrected chi connectivity index (χ1v) is 40.2. The first-order valence-electron chi connectivity index (χ1n) is 40.2. The van der Waals surface area contributed by atoms with Gasteiger partial charge in [0.05, 0.1) is 58.1 Å². The number of fused-ring (bicyclic) bond motifs is 10. The molecule has 0 unspecified atom stereocenters. The van der Waals surface area contributed by atoms with Crippen LogP contribution in [0.5, 0.6) is 0 Å². The highest BCUT2D eigenvalue weighted by molar-refractivity contribution is 5.97. The third-order valence-corrected chi connectivity index (χ3v) is 26.2. The predicted octanol–water partition coefficient (Wildman–Crippen LogP) is 9.01. The van der Waals surface area contributed by atoms with E-state index in [4.69, 9.17) is 42.6 Å². The quantitative estimate of drug-likeness (QED) is 0.0345. The van der Waals surface area contributed by atoms with Gasteiger partial charge in [-0.25, -0.2) is 28.8 Å². The highest BCUT2D eigenvalue weighted by atomic mass is 16.6. The minimum absolute atomic E-state index is 0.0142. The topological polar surface area (TPSA) is 437 Å². The number of hydrogen-bond donors (Lipinski definition) is 9. The molecule has 29 nitrogen and oxygen atoms in total. The van der Waals surface area contributed by atoms with Crippen molar-refractivity contribution in [3.63, 3.8) is 0 Å². The second-order valence-corrected chi connectivity index (χ2v) is 37.0. The van der Waals surface area contributed by atoms with Gasteiger partial charge in [-0.15, -0.1) is 0 Å². The Bertz CT molecular complexity index is 4510. The second-order valence-electron chi connectivity index (χ2n) is 37.0. The fourth-order valence-electron chi connectivity index (χ4n) is 20.1. The molecule has 0 saturated heterocycles. The van der Waals surface area contributed by atoms with Gasteiger partial charge in [-0.1, -0.05) is 106 Å². The molecule has 29 heteroatoms. The van der Waals surface area contributed by atoms with Crippen LogP contribution in [0.25, 0.3) is 0 Å². The molecule has 8 aliphatic carbocycles. The number of carbonyl (C=O) groups excluding carboxylic acids is 11. The lowest BCUT2D eigenvalue weighted by atomic mass is 9.41. The summed E-state index contributed by atoms with van der Waals surface area (Å²) >= 11 is 0. The smallest absolute Gasteiger partial charge is 0.408 e. The molecule has 11 rings (SSSR count). The van der Waals surface area contributed by atoms with Crippen LogP contribution in [-0.2, 0) is 76.2 Å². The number of hydrogen-bond acceptors (Lipinski definition) is 27. The maximum Gasteiger partial charge on any atom is 0.408 e. The highest BCUT2D eigenvalue weighted by Crippen LogP contribution is 2.70. The summed E-state index contributed by atoms with van der Waals surface area (Å²) in [4.78, 5) is 152. The summed E-state index contributed by atoms with van der Waals surface area (Å²) < 4.78 is 53.7. The van der Waals surface area contributed by atoms with Crippen molar-refractivity contribution in [1.29, 1.82) is 0 Å². The lowest BCUT2D eigenvalue weighted by molar-refractivity contribution is -0.296. The number of amides is 2. The summed E-state index contributed by atoms with van der Waals surface area (Å²) in [5.74, 6) is -12.0. The fraction of sp³-hybridized carbons (Fsp3) is 0.607. The van der Waals surface area contributed by atoms with E-state index in [0.717, 1.165) is 12.5 Å². The Morgan fingerprint density at radius 3 is 1.30 bits per heavy atom. The molecule has 0 aliphatic heterocycles. The van der Waals surface area contributed by atoms with Crippen LogP contribution < -0.4 is 10.6 Å². The summed E-state index contributed by atoms with van der Waals surface area (Å²) in [5, 5.41) is 91.5. The van der Waals surface area contributed by atoms with Crippen LogP contribution in [0.4, 0.5) is 9.59 Å². The third kappa shape index (κ3) is 16.5. The average molecular weight is 1650 g/mol. The van der Waals surface area contributed by atoms with Gasteiger partial charge in [0.1, 0.15) is 64.1 Å². The average Bonchev–Trinajstić information content (AvgIpc) is 0.673. The second kappa shape index (κ2) is 33.1. The number of aliphatic hydroxyl groups is 7. The minimum Gasteiger partial charge on any atom is -0.458 e. The Morgan fingerprint density at radius 2 is 0.907 bits per heavy atom. The van der Waals surface area contributed by atoms with Crippen molar-refractivity contribution in [2.24, 2.45) is 45.3 Å². The SMILES string of the molecule is CC(=O)O[C@@]12CC[C@@H]1C[C@H](O)[C@@]1(C)C(=O)[C@H](O)C3=C(C)[C@@H](OC(=O)[C@H](O)[C@@H](NC(=O)OC(C)(C)C)c4ccc(C)cc4)C[C@@](O)([C@@H](OC(=O)c4ccccc4)[C@H]21)C3(C)C.CC(=O)O[C@H]1C(=O)[C@@]2(C)[C@H]([C@H](OC(=O)c3ccccc3)[C@]3(O)C[C@H](OC(=O)[C@H](O)[C@H](C=C(C)C)NC(=O)OC(C)(C)C)C(C)=C1C3(C)C)[C@]1(OC(C)=O)CC[C@@H]1C[C@@H]2O. The molecular formula is C89H116N2O27. The predicted molar refractivity (Wildman–Crippen MR) is 421 cm³/mol. The van der Waals surface area contributed by atoms with Crippen LogP contribution in [0.2, 0.25) is 0 Å².